The lowest BCUT2D eigenvalue weighted by Crippen LogP contribution is -2.31. The Labute approximate surface area is 151 Å². The predicted octanol–water partition coefficient (Wildman–Crippen LogP) is 1.49. The SMILES string of the molecule is COc1cc(C2CNNC2)ccc1C(=O)NC(CO)c1ccccc1F. The summed E-state index contributed by atoms with van der Waals surface area (Å²) in [7, 11) is 1.50. The Morgan fingerprint density at radius 2 is 2.04 bits per heavy atom. The molecule has 2 aromatic rings. The Morgan fingerprint density at radius 1 is 1.31 bits per heavy atom. The van der Waals surface area contributed by atoms with Gasteiger partial charge in [-0.05, 0) is 23.8 Å². The van der Waals surface area contributed by atoms with Crippen LogP contribution in [0.3, 0.4) is 0 Å². The molecule has 1 fully saturated rings. The first-order chi connectivity index (χ1) is 12.6. The summed E-state index contributed by atoms with van der Waals surface area (Å²) in [5, 5.41) is 12.3. The average Bonchev–Trinajstić information content (AvgIpc) is 3.21. The summed E-state index contributed by atoms with van der Waals surface area (Å²) in [5.41, 5.74) is 7.77. The van der Waals surface area contributed by atoms with Crippen LogP contribution in [-0.2, 0) is 0 Å². The molecule has 4 N–H and O–H groups in total. The molecule has 2 aromatic carbocycles. The highest BCUT2D eigenvalue weighted by molar-refractivity contribution is 5.97. The van der Waals surface area contributed by atoms with Gasteiger partial charge in [-0.1, -0.05) is 24.3 Å². The maximum Gasteiger partial charge on any atom is 0.255 e. The van der Waals surface area contributed by atoms with Crippen LogP contribution >= 0.6 is 0 Å². The Kier molecular flexibility index (Phi) is 5.82. The van der Waals surface area contributed by atoms with E-state index in [4.69, 9.17) is 4.74 Å². The van der Waals surface area contributed by atoms with Crippen LogP contribution in [0.25, 0.3) is 0 Å². The smallest absolute Gasteiger partial charge is 0.255 e. The van der Waals surface area contributed by atoms with E-state index in [2.05, 4.69) is 16.2 Å². The summed E-state index contributed by atoms with van der Waals surface area (Å²) in [6.45, 7) is 1.19. The van der Waals surface area contributed by atoms with Crippen LogP contribution in [0, 0.1) is 5.82 Å². The fraction of sp³-hybridized carbons (Fsp3) is 0.316. The lowest BCUT2D eigenvalue weighted by Gasteiger charge is -2.19. The zero-order valence-electron chi connectivity index (χ0n) is 14.5. The molecule has 0 aliphatic carbocycles. The second-order valence-electron chi connectivity index (χ2n) is 6.15. The molecule has 1 aliphatic heterocycles. The molecule has 1 unspecified atom stereocenters. The van der Waals surface area contributed by atoms with Crippen molar-refractivity contribution in [3.8, 4) is 5.75 Å². The van der Waals surface area contributed by atoms with Crippen LogP contribution in [0.2, 0.25) is 0 Å². The number of aliphatic hydroxyl groups is 1. The van der Waals surface area contributed by atoms with Crippen molar-refractivity contribution in [1.82, 2.24) is 16.2 Å². The number of aliphatic hydroxyl groups excluding tert-OH is 1. The van der Waals surface area contributed by atoms with Gasteiger partial charge in [0.05, 0.1) is 25.3 Å². The predicted molar refractivity (Wildman–Crippen MR) is 95.4 cm³/mol. The highest BCUT2D eigenvalue weighted by Crippen LogP contribution is 2.26. The van der Waals surface area contributed by atoms with E-state index in [0.717, 1.165) is 18.7 Å². The zero-order chi connectivity index (χ0) is 18.5. The molecule has 1 amide bonds. The first-order valence-electron chi connectivity index (χ1n) is 8.43. The minimum absolute atomic E-state index is 0.238. The molecule has 0 radical (unpaired) electrons. The van der Waals surface area contributed by atoms with E-state index in [9.17, 15) is 14.3 Å². The normalized spacial score (nSPS) is 15.7. The van der Waals surface area contributed by atoms with Crippen LogP contribution < -0.4 is 20.9 Å². The number of nitrogens with one attached hydrogen (secondary N) is 3. The van der Waals surface area contributed by atoms with E-state index in [-0.39, 0.29) is 5.56 Å². The number of hydrogen-bond donors (Lipinski definition) is 4. The fourth-order valence-electron chi connectivity index (χ4n) is 3.06. The van der Waals surface area contributed by atoms with Gasteiger partial charge >= 0.3 is 0 Å². The highest BCUT2D eigenvalue weighted by atomic mass is 19.1. The Morgan fingerprint density at radius 3 is 2.69 bits per heavy atom. The number of amides is 1. The lowest BCUT2D eigenvalue weighted by molar-refractivity contribution is 0.0912. The Hall–Kier alpha value is -2.48. The highest BCUT2D eigenvalue weighted by Gasteiger charge is 2.22. The third-order valence-corrected chi connectivity index (χ3v) is 4.53. The van der Waals surface area contributed by atoms with Gasteiger partial charge in [0.1, 0.15) is 11.6 Å². The molecule has 0 saturated carbocycles. The van der Waals surface area contributed by atoms with Crippen LogP contribution in [-0.4, -0.2) is 37.8 Å². The molecule has 0 spiro atoms. The van der Waals surface area contributed by atoms with Gasteiger partial charge in [-0.2, -0.15) is 0 Å². The molecule has 3 rings (SSSR count). The van der Waals surface area contributed by atoms with E-state index < -0.39 is 24.4 Å². The van der Waals surface area contributed by atoms with Gasteiger partial charge in [0, 0.05) is 24.6 Å². The van der Waals surface area contributed by atoms with Gasteiger partial charge in [0.15, 0.2) is 0 Å². The van der Waals surface area contributed by atoms with Gasteiger partial charge in [0.2, 0.25) is 0 Å². The molecule has 0 bridgehead atoms. The monoisotopic (exact) mass is 359 g/mol. The van der Waals surface area contributed by atoms with Crippen molar-refractivity contribution in [1.29, 1.82) is 0 Å². The summed E-state index contributed by atoms with van der Waals surface area (Å²) in [4.78, 5) is 12.7. The quantitative estimate of drug-likeness (QED) is 0.628. The molecule has 138 valence electrons. The number of carbonyl (C=O) groups excluding carboxylic acids is 1. The number of halogens is 1. The zero-order valence-corrected chi connectivity index (χ0v) is 14.5. The van der Waals surface area contributed by atoms with Gasteiger partial charge in [0.25, 0.3) is 5.91 Å². The number of hydrazine groups is 1. The van der Waals surface area contributed by atoms with Crippen molar-refractivity contribution in [2.45, 2.75) is 12.0 Å². The molecule has 26 heavy (non-hydrogen) atoms. The van der Waals surface area contributed by atoms with E-state index in [1.54, 1.807) is 18.2 Å². The molecular weight excluding hydrogens is 337 g/mol. The number of ether oxygens (including phenoxy) is 1. The van der Waals surface area contributed by atoms with E-state index in [1.807, 2.05) is 12.1 Å². The summed E-state index contributed by atoms with van der Waals surface area (Å²) >= 11 is 0. The summed E-state index contributed by atoms with van der Waals surface area (Å²) < 4.78 is 19.3. The standard InChI is InChI=1S/C19H22FN3O3/c1-26-18-8-12(13-9-21-22-10-13)6-7-15(18)19(25)23-17(11-24)14-4-2-3-5-16(14)20/h2-8,13,17,21-22,24H,9-11H2,1H3,(H,23,25). The first kappa shape index (κ1) is 18.3. The molecule has 1 saturated heterocycles. The number of benzene rings is 2. The van der Waals surface area contributed by atoms with E-state index in [0.29, 0.717) is 17.2 Å². The van der Waals surface area contributed by atoms with E-state index in [1.165, 1.54) is 19.2 Å². The van der Waals surface area contributed by atoms with Crippen molar-refractivity contribution in [2.24, 2.45) is 0 Å². The van der Waals surface area contributed by atoms with Gasteiger partial charge < -0.3 is 15.2 Å². The van der Waals surface area contributed by atoms with Crippen molar-refractivity contribution in [3.05, 3.63) is 65.0 Å². The maximum absolute atomic E-state index is 14.0. The van der Waals surface area contributed by atoms with Crippen molar-refractivity contribution >= 4 is 5.91 Å². The van der Waals surface area contributed by atoms with Gasteiger partial charge in [-0.25, -0.2) is 4.39 Å². The topological polar surface area (TPSA) is 82.6 Å². The molecular formula is C19H22FN3O3. The summed E-state index contributed by atoms with van der Waals surface area (Å²) in [6, 6.07) is 10.6. The van der Waals surface area contributed by atoms with Crippen molar-refractivity contribution in [2.75, 3.05) is 26.8 Å². The fourth-order valence-corrected chi connectivity index (χ4v) is 3.06. The van der Waals surface area contributed by atoms with Crippen LogP contribution in [0.4, 0.5) is 4.39 Å². The van der Waals surface area contributed by atoms with Gasteiger partial charge in [-0.15, -0.1) is 0 Å². The second-order valence-corrected chi connectivity index (χ2v) is 6.15. The molecule has 7 heteroatoms. The number of rotatable bonds is 6. The molecule has 6 nitrogen and oxygen atoms in total. The number of carbonyl (C=O) groups is 1. The summed E-state index contributed by atoms with van der Waals surface area (Å²) in [6.07, 6.45) is 0. The minimum Gasteiger partial charge on any atom is -0.496 e. The summed E-state index contributed by atoms with van der Waals surface area (Å²) in [5.74, 6) is -0.171. The number of hydrogen-bond acceptors (Lipinski definition) is 5. The lowest BCUT2D eigenvalue weighted by atomic mass is 9.98. The minimum atomic E-state index is -0.837. The number of methoxy groups -OCH3 is 1. The molecule has 0 aromatic heterocycles. The van der Waals surface area contributed by atoms with Crippen LogP contribution in [0.5, 0.6) is 5.75 Å². The van der Waals surface area contributed by atoms with Crippen LogP contribution in [0.15, 0.2) is 42.5 Å². The average molecular weight is 359 g/mol. The van der Waals surface area contributed by atoms with Crippen molar-refractivity contribution < 1.29 is 19.0 Å². The second kappa shape index (κ2) is 8.27. The maximum atomic E-state index is 14.0. The van der Waals surface area contributed by atoms with Crippen LogP contribution in [0.1, 0.15) is 33.4 Å². The third kappa shape index (κ3) is 3.85. The Bertz CT molecular complexity index is 778. The van der Waals surface area contributed by atoms with Gasteiger partial charge in [-0.3, -0.25) is 15.6 Å². The third-order valence-electron chi connectivity index (χ3n) is 4.53. The first-order valence-corrected chi connectivity index (χ1v) is 8.43. The van der Waals surface area contributed by atoms with Crippen molar-refractivity contribution in [3.63, 3.8) is 0 Å². The van der Waals surface area contributed by atoms with E-state index >= 15 is 0 Å². The molecule has 1 heterocycles. The Balaban J connectivity index is 1.81. The molecule has 1 atom stereocenters. The molecule has 1 aliphatic rings. The largest absolute Gasteiger partial charge is 0.496 e.